The van der Waals surface area contributed by atoms with Crippen molar-refractivity contribution in [2.45, 2.75) is 117 Å². The van der Waals surface area contributed by atoms with Crippen LogP contribution in [0.4, 0.5) is 4.39 Å². The van der Waals surface area contributed by atoms with Gasteiger partial charge in [0.1, 0.15) is 11.5 Å². The average molecular weight is 555 g/mol. The van der Waals surface area contributed by atoms with Crippen LogP contribution in [0, 0.1) is 17.7 Å². The molecule has 0 N–H and O–H groups in total. The maximum absolute atomic E-state index is 14.5. The lowest BCUT2D eigenvalue weighted by Crippen LogP contribution is -2.20. The second-order valence-corrected chi connectivity index (χ2v) is 11.4. The van der Waals surface area contributed by atoms with Crippen LogP contribution in [0.2, 0.25) is 0 Å². The fourth-order valence-corrected chi connectivity index (χ4v) is 5.82. The van der Waals surface area contributed by atoms with Gasteiger partial charge in [-0.25, -0.2) is 9.18 Å². The first-order valence-corrected chi connectivity index (χ1v) is 16.0. The van der Waals surface area contributed by atoms with Crippen LogP contribution >= 0.6 is 0 Å². The highest BCUT2D eigenvalue weighted by molar-refractivity contribution is 5.91. The number of benzene rings is 2. The Bertz CT molecular complexity index is 974. The smallest absolute Gasteiger partial charge is 0.343 e. The molecule has 0 aromatic heterocycles. The van der Waals surface area contributed by atoms with Gasteiger partial charge in [0.05, 0.1) is 18.8 Å². The van der Waals surface area contributed by atoms with E-state index < -0.39 is 11.8 Å². The van der Waals surface area contributed by atoms with Crippen molar-refractivity contribution in [3.05, 3.63) is 53.8 Å². The lowest BCUT2D eigenvalue weighted by Gasteiger charge is -2.31. The standard InChI is InChI=1S/C35H51FO4/c1-3-5-7-8-9-13-25-39-34-24-19-30(27-33(34)36)35(37)40-32-22-20-31(21-23-32)38-26-14-18-29-17-12-11-16-28(29)15-10-6-4-2/h19-24,27-29H,3-18,25-26H2,1-2H3. The van der Waals surface area contributed by atoms with E-state index in [9.17, 15) is 9.18 Å². The number of hydrogen-bond donors (Lipinski definition) is 0. The van der Waals surface area contributed by atoms with Crippen molar-refractivity contribution in [3.63, 3.8) is 0 Å². The first-order valence-electron chi connectivity index (χ1n) is 16.0. The van der Waals surface area contributed by atoms with E-state index in [0.717, 1.165) is 36.8 Å². The summed E-state index contributed by atoms with van der Waals surface area (Å²) < 4.78 is 31.5. The number of unbranched alkanes of at least 4 members (excludes halogenated alkanes) is 7. The molecule has 0 amide bonds. The van der Waals surface area contributed by atoms with Crippen molar-refractivity contribution in [3.8, 4) is 17.2 Å². The van der Waals surface area contributed by atoms with Crippen molar-refractivity contribution in [1.29, 1.82) is 0 Å². The molecule has 0 radical (unpaired) electrons. The highest BCUT2D eigenvalue weighted by Crippen LogP contribution is 2.36. The van der Waals surface area contributed by atoms with Gasteiger partial charge in [-0.15, -0.1) is 0 Å². The van der Waals surface area contributed by atoms with Crippen molar-refractivity contribution >= 4 is 5.97 Å². The lowest BCUT2D eigenvalue weighted by molar-refractivity contribution is 0.0734. The Balaban J connectivity index is 1.36. The molecule has 1 aliphatic carbocycles. The molecule has 1 saturated carbocycles. The Morgan fingerprint density at radius 3 is 2.02 bits per heavy atom. The minimum Gasteiger partial charge on any atom is -0.494 e. The Hall–Kier alpha value is -2.56. The van der Waals surface area contributed by atoms with Gasteiger partial charge in [-0.2, -0.15) is 0 Å². The Kier molecular flexibility index (Phi) is 15.0. The number of hydrogen-bond acceptors (Lipinski definition) is 4. The predicted molar refractivity (Wildman–Crippen MR) is 161 cm³/mol. The lowest BCUT2D eigenvalue weighted by atomic mass is 9.74. The molecular weight excluding hydrogens is 503 g/mol. The number of carbonyl (C=O) groups is 1. The number of rotatable bonds is 19. The fraction of sp³-hybridized carbons (Fsp3) is 0.629. The summed E-state index contributed by atoms with van der Waals surface area (Å²) in [5, 5.41) is 0. The molecule has 2 unspecified atom stereocenters. The van der Waals surface area contributed by atoms with Crippen LogP contribution in [0.5, 0.6) is 17.2 Å². The van der Waals surface area contributed by atoms with Gasteiger partial charge in [0.15, 0.2) is 11.6 Å². The molecule has 0 saturated heterocycles. The molecule has 40 heavy (non-hydrogen) atoms. The van der Waals surface area contributed by atoms with Crippen molar-refractivity contribution in [2.75, 3.05) is 13.2 Å². The van der Waals surface area contributed by atoms with E-state index in [1.54, 1.807) is 18.2 Å². The van der Waals surface area contributed by atoms with Crippen molar-refractivity contribution in [1.82, 2.24) is 0 Å². The third-order valence-corrected chi connectivity index (χ3v) is 8.19. The van der Waals surface area contributed by atoms with Gasteiger partial charge in [-0.1, -0.05) is 97.3 Å². The van der Waals surface area contributed by atoms with Crippen LogP contribution in [0.15, 0.2) is 42.5 Å². The summed E-state index contributed by atoms with van der Waals surface area (Å²) in [7, 11) is 0. The molecule has 0 bridgehead atoms. The maximum Gasteiger partial charge on any atom is 0.343 e. The second kappa shape index (κ2) is 18.7. The van der Waals surface area contributed by atoms with E-state index in [0.29, 0.717) is 19.0 Å². The largest absolute Gasteiger partial charge is 0.494 e. The number of halogens is 1. The van der Waals surface area contributed by atoms with E-state index in [2.05, 4.69) is 13.8 Å². The molecule has 2 atom stereocenters. The summed E-state index contributed by atoms with van der Waals surface area (Å²) in [5.41, 5.74) is 0.153. The fourth-order valence-electron chi connectivity index (χ4n) is 5.82. The molecular formula is C35H51FO4. The zero-order valence-electron chi connectivity index (χ0n) is 24.9. The molecule has 1 fully saturated rings. The third kappa shape index (κ3) is 11.5. The Morgan fingerprint density at radius 1 is 0.725 bits per heavy atom. The van der Waals surface area contributed by atoms with E-state index in [1.807, 2.05) is 12.1 Å². The van der Waals surface area contributed by atoms with Gasteiger partial charge in [0.25, 0.3) is 0 Å². The normalized spacial score (nSPS) is 17.0. The number of esters is 1. The van der Waals surface area contributed by atoms with Gasteiger partial charge < -0.3 is 14.2 Å². The molecule has 3 rings (SSSR count). The van der Waals surface area contributed by atoms with Gasteiger partial charge >= 0.3 is 5.97 Å². The summed E-state index contributed by atoms with van der Waals surface area (Å²) in [6.45, 7) is 5.64. The van der Waals surface area contributed by atoms with Crippen LogP contribution in [-0.2, 0) is 0 Å². The predicted octanol–water partition coefficient (Wildman–Crippen LogP) is 10.3. The van der Waals surface area contributed by atoms with E-state index in [4.69, 9.17) is 14.2 Å². The molecule has 0 spiro atoms. The van der Waals surface area contributed by atoms with Crippen molar-refractivity contribution < 1.29 is 23.4 Å². The maximum atomic E-state index is 14.5. The average Bonchev–Trinajstić information content (AvgIpc) is 2.97. The summed E-state index contributed by atoms with van der Waals surface area (Å²) in [6.07, 6.45) is 20.1. The second-order valence-electron chi connectivity index (χ2n) is 11.4. The van der Waals surface area contributed by atoms with E-state index in [1.165, 1.54) is 95.6 Å². The number of ether oxygens (including phenoxy) is 3. The molecule has 0 heterocycles. The minimum absolute atomic E-state index is 0.153. The summed E-state index contributed by atoms with van der Waals surface area (Å²) >= 11 is 0. The summed E-state index contributed by atoms with van der Waals surface area (Å²) in [5.74, 6) is 1.93. The van der Waals surface area contributed by atoms with Crippen LogP contribution in [0.1, 0.15) is 127 Å². The van der Waals surface area contributed by atoms with Crippen LogP contribution in [0.3, 0.4) is 0 Å². The molecule has 1 aliphatic rings. The molecule has 4 nitrogen and oxygen atoms in total. The van der Waals surface area contributed by atoms with E-state index in [-0.39, 0.29) is 11.3 Å². The van der Waals surface area contributed by atoms with Crippen LogP contribution in [0.25, 0.3) is 0 Å². The quantitative estimate of drug-likeness (QED) is 0.0984. The monoisotopic (exact) mass is 554 g/mol. The minimum atomic E-state index is -0.601. The number of carbonyl (C=O) groups excluding carboxylic acids is 1. The molecule has 0 aliphatic heterocycles. The van der Waals surface area contributed by atoms with Gasteiger partial charge in [-0.05, 0) is 73.6 Å². The van der Waals surface area contributed by atoms with Gasteiger partial charge in [0.2, 0.25) is 0 Å². The molecule has 222 valence electrons. The van der Waals surface area contributed by atoms with Crippen LogP contribution < -0.4 is 14.2 Å². The van der Waals surface area contributed by atoms with Gasteiger partial charge in [-0.3, -0.25) is 0 Å². The Morgan fingerprint density at radius 2 is 1.32 bits per heavy atom. The molecule has 5 heteroatoms. The summed E-state index contributed by atoms with van der Waals surface area (Å²) in [4.78, 5) is 12.6. The molecule has 2 aromatic carbocycles. The zero-order chi connectivity index (χ0) is 28.4. The summed E-state index contributed by atoms with van der Waals surface area (Å²) in [6, 6.07) is 11.3. The zero-order valence-corrected chi connectivity index (χ0v) is 24.9. The first-order chi connectivity index (χ1) is 19.6. The highest BCUT2D eigenvalue weighted by atomic mass is 19.1. The highest BCUT2D eigenvalue weighted by Gasteiger charge is 2.24. The SMILES string of the molecule is CCCCCCCCOc1ccc(C(=O)Oc2ccc(OCCCC3CCCCC3CCCCC)cc2)cc1F. The van der Waals surface area contributed by atoms with Crippen molar-refractivity contribution in [2.24, 2.45) is 11.8 Å². The third-order valence-electron chi connectivity index (χ3n) is 8.19. The van der Waals surface area contributed by atoms with Gasteiger partial charge in [0, 0.05) is 0 Å². The van der Waals surface area contributed by atoms with E-state index >= 15 is 0 Å². The van der Waals surface area contributed by atoms with Crippen LogP contribution in [-0.4, -0.2) is 19.2 Å². The topological polar surface area (TPSA) is 44.8 Å². The molecule has 2 aromatic rings. The first kappa shape index (κ1) is 32.0. The Labute approximate surface area is 242 Å².